The fourth-order valence-corrected chi connectivity index (χ4v) is 2.61. The highest BCUT2D eigenvalue weighted by Gasteiger charge is 2.03. The van der Waals surface area contributed by atoms with Gasteiger partial charge in [-0.1, -0.05) is 13.3 Å². The van der Waals surface area contributed by atoms with E-state index >= 15 is 0 Å². The van der Waals surface area contributed by atoms with Gasteiger partial charge in [0.1, 0.15) is 0 Å². The average molecular weight is 226 g/mol. The average Bonchev–Trinajstić information content (AvgIpc) is 2.46. The molecule has 1 aromatic rings. The number of thiophene rings is 1. The van der Waals surface area contributed by atoms with Crippen LogP contribution < -0.4 is 11.1 Å². The second kappa shape index (κ2) is 6.26. The summed E-state index contributed by atoms with van der Waals surface area (Å²) >= 11 is 1.88. The molecule has 3 N–H and O–H groups in total. The zero-order valence-electron chi connectivity index (χ0n) is 9.97. The molecule has 1 unspecified atom stereocenters. The Labute approximate surface area is 96.9 Å². The Morgan fingerprint density at radius 1 is 1.47 bits per heavy atom. The maximum absolute atomic E-state index is 5.92. The van der Waals surface area contributed by atoms with Crippen molar-refractivity contribution in [3.05, 3.63) is 21.4 Å². The summed E-state index contributed by atoms with van der Waals surface area (Å²) in [5, 5.41) is 3.41. The van der Waals surface area contributed by atoms with Crippen LogP contribution in [0.25, 0.3) is 0 Å². The van der Waals surface area contributed by atoms with Crippen LogP contribution in [0, 0.1) is 13.8 Å². The van der Waals surface area contributed by atoms with Crippen molar-refractivity contribution in [3.63, 3.8) is 0 Å². The molecular formula is C12H22N2S. The Hall–Kier alpha value is -0.380. The van der Waals surface area contributed by atoms with Crippen molar-refractivity contribution >= 4 is 11.3 Å². The maximum atomic E-state index is 5.92. The third kappa shape index (κ3) is 4.33. The first-order valence-electron chi connectivity index (χ1n) is 5.65. The van der Waals surface area contributed by atoms with Crippen LogP contribution in [0.3, 0.4) is 0 Å². The van der Waals surface area contributed by atoms with E-state index in [0.29, 0.717) is 6.04 Å². The fourth-order valence-electron chi connectivity index (χ4n) is 1.59. The minimum atomic E-state index is 0.303. The number of aryl methyl sites for hydroxylation is 2. The summed E-state index contributed by atoms with van der Waals surface area (Å²) in [5.41, 5.74) is 7.32. The van der Waals surface area contributed by atoms with E-state index in [4.69, 9.17) is 5.73 Å². The Morgan fingerprint density at radius 2 is 2.20 bits per heavy atom. The summed E-state index contributed by atoms with van der Waals surface area (Å²) in [4.78, 5) is 2.83. The lowest BCUT2D eigenvalue weighted by Crippen LogP contribution is -2.33. The van der Waals surface area contributed by atoms with Crippen molar-refractivity contribution in [2.24, 2.45) is 5.73 Å². The summed E-state index contributed by atoms with van der Waals surface area (Å²) in [7, 11) is 0. The van der Waals surface area contributed by atoms with Gasteiger partial charge in [0.2, 0.25) is 0 Å². The molecule has 1 atom stereocenters. The first kappa shape index (κ1) is 12.7. The molecule has 0 fully saturated rings. The van der Waals surface area contributed by atoms with Crippen molar-refractivity contribution < 1.29 is 0 Å². The lowest BCUT2D eigenvalue weighted by molar-refractivity contribution is 0.540. The minimum Gasteiger partial charge on any atom is -0.327 e. The molecule has 1 aromatic heterocycles. The second-order valence-corrected chi connectivity index (χ2v) is 5.47. The van der Waals surface area contributed by atoms with Crippen LogP contribution in [0.2, 0.25) is 0 Å². The molecule has 1 rings (SSSR count). The normalized spacial score (nSPS) is 13.1. The van der Waals surface area contributed by atoms with Gasteiger partial charge in [-0.3, -0.25) is 0 Å². The van der Waals surface area contributed by atoms with Gasteiger partial charge >= 0.3 is 0 Å². The largest absolute Gasteiger partial charge is 0.327 e. The molecule has 0 spiro atoms. The van der Waals surface area contributed by atoms with E-state index < -0.39 is 0 Å². The topological polar surface area (TPSA) is 38.0 Å². The first-order valence-corrected chi connectivity index (χ1v) is 6.47. The molecular weight excluding hydrogens is 204 g/mol. The van der Waals surface area contributed by atoms with E-state index in [9.17, 15) is 0 Å². The molecule has 0 bridgehead atoms. The molecule has 2 nitrogen and oxygen atoms in total. The lowest BCUT2D eigenvalue weighted by atomic mass is 10.2. The molecule has 1 heterocycles. The molecule has 86 valence electrons. The van der Waals surface area contributed by atoms with Gasteiger partial charge in [-0.2, -0.15) is 0 Å². The quantitative estimate of drug-likeness (QED) is 0.782. The van der Waals surface area contributed by atoms with Crippen LogP contribution >= 0.6 is 11.3 Å². The van der Waals surface area contributed by atoms with E-state index in [1.807, 2.05) is 11.3 Å². The highest BCUT2D eigenvalue weighted by atomic mass is 32.1. The van der Waals surface area contributed by atoms with Gasteiger partial charge in [0.15, 0.2) is 0 Å². The van der Waals surface area contributed by atoms with Gasteiger partial charge in [0.25, 0.3) is 0 Å². The predicted molar refractivity (Wildman–Crippen MR) is 68.4 cm³/mol. The molecule has 0 saturated carbocycles. The SMILES string of the molecule is CCCC(N)CNCc1cc(C)c(C)s1. The van der Waals surface area contributed by atoms with Crippen molar-refractivity contribution in [3.8, 4) is 0 Å². The molecule has 0 radical (unpaired) electrons. The standard InChI is InChI=1S/C12H22N2S/c1-4-5-11(13)7-14-8-12-6-9(2)10(3)15-12/h6,11,14H,4-5,7-8,13H2,1-3H3. The van der Waals surface area contributed by atoms with Gasteiger partial charge in [-0.05, 0) is 31.9 Å². The summed E-state index contributed by atoms with van der Waals surface area (Å²) < 4.78 is 0. The Kier molecular flexibility index (Phi) is 5.29. The maximum Gasteiger partial charge on any atom is 0.0300 e. The number of nitrogens with one attached hydrogen (secondary N) is 1. The predicted octanol–water partition coefficient (Wildman–Crippen LogP) is 2.58. The first-order chi connectivity index (χ1) is 7.13. The molecule has 0 aliphatic rings. The van der Waals surface area contributed by atoms with E-state index in [0.717, 1.165) is 19.5 Å². The fraction of sp³-hybridized carbons (Fsp3) is 0.667. The molecule has 0 amide bonds. The smallest absolute Gasteiger partial charge is 0.0300 e. The van der Waals surface area contributed by atoms with Crippen LogP contribution in [0.5, 0.6) is 0 Å². The molecule has 0 aliphatic heterocycles. The molecule has 15 heavy (non-hydrogen) atoms. The zero-order chi connectivity index (χ0) is 11.3. The van der Waals surface area contributed by atoms with Crippen molar-refractivity contribution in [2.75, 3.05) is 6.54 Å². The van der Waals surface area contributed by atoms with Crippen molar-refractivity contribution in [2.45, 2.75) is 46.2 Å². The molecule has 0 aliphatic carbocycles. The van der Waals surface area contributed by atoms with Gasteiger partial charge in [-0.15, -0.1) is 11.3 Å². The highest BCUT2D eigenvalue weighted by Crippen LogP contribution is 2.20. The van der Waals surface area contributed by atoms with E-state index in [1.54, 1.807) is 0 Å². The van der Waals surface area contributed by atoms with Gasteiger partial charge < -0.3 is 11.1 Å². The number of hydrogen-bond donors (Lipinski definition) is 2. The lowest BCUT2D eigenvalue weighted by Gasteiger charge is -2.10. The Bertz CT molecular complexity index is 274. The van der Waals surface area contributed by atoms with Crippen LogP contribution in [0.15, 0.2) is 6.07 Å². The zero-order valence-corrected chi connectivity index (χ0v) is 10.8. The molecule has 0 saturated heterocycles. The summed E-state index contributed by atoms with van der Waals surface area (Å²) in [6.45, 7) is 8.39. The van der Waals surface area contributed by atoms with Crippen molar-refractivity contribution in [1.29, 1.82) is 0 Å². The second-order valence-electron chi connectivity index (χ2n) is 4.13. The van der Waals surface area contributed by atoms with Crippen LogP contribution in [0.1, 0.15) is 35.1 Å². The Balaban J connectivity index is 2.25. The summed E-state index contributed by atoms with van der Waals surface area (Å²) in [5.74, 6) is 0. The van der Waals surface area contributed by atoms with Gasteiger partial charge in [0, 0.05) is 28.9 Å². The third-order valence-electron chi connectivity index (χ3n) is 2.58. The van der Waals surface area contributed by atoms with Crippen molar-refractivity contribution in [1.82, 2.24) is 5.32 Å². The number of nitrogens with two attached hydrogens (primary N) is 1. The van der Waals surface area contributed by atoms with E-state index in [1.165, 1.54) is 21.7 Å². The number of hydrogen-bond acceptors (Lipinski definition) is 3. The van der Waals surface area contributed by atoms with Crippen LogP contribution in [-0.4, -0.2) is 12.6 Å². The Morgan fingerprint density at radius 3 is 2.73 bits per heavy atom. The third-order valence-corrected chi connectivity index (χ3v) is 3.73. The van der Waals surface area contributed by atoms with Crippen LogP contribution in [0.4, 0.5) is 0 Å². The minimum absolute atomic E-state index is 0.303. The highest BCUT2D eigenvalue weighted by molar-refractivity contribution is 7.12. The number of rotatable bonds is 6. The monoisotopic (exact) mass is 226 g/mol. The molecule has 0 aromatic carbocycles. The summed E-state index contributed by atoms with van der Waals surface area (Å²) in [6, 6.07) is 2.57. The van der Waals surface area contributed by atoms with E-state index in [2.05, 4.69) is 32.2 Å². The van der Waals surface area contributed by atoms with E-state index in [-0.39, 0.29) is 0 Å². The van der Waals surface area contributed by atoms with Gasteiger partial charge in [0.05, 0.1) is 0 Å². The van der Waals surface area contributed by atoms with Crippen LogP contribution in [-0.2, 0) is 6.54 Å². The summed E-state index contributed by atoms with van der Waals surface area (Å²) in [6.07, 6.45) is 2.27. The molecule has 3 heteroatoms. The van der Waals surface area contributed by atoms with Gasteiger partial charge in [-0.25, -0.2) is 0 Å².